The van der Waals surface area contributed by atoms with Gasteiger partial charge in [0.1, 0.15) is 6.61 Å². The van der Waals surface area contributed by atoms with Gasteiger partial charge in [-0.15, -0.1) is 11.3 Å². The fraction of sp³-hybridized carbons (Fsp3) is 0.133. The maximum Gasteiger partial charge on any atom is 0.358 e. The second-order valence-electron chi connectivity index (χ2n) is 4.67. The van der Waals surface area contributed by atoms with Crippen molar-refractivity contribution in [2.45, 2.75) is 13.5 Å². The van der Waals surface area contributed by atoms with Gasteiger partial charge >= 0.3 is 11.5 Å². The third kappa shape index (κ3) is 2.58. The van der Waals surface area contributed by atoms with Gasteiger partial charge in [0, 0.05) is 11.1 Å². The summed E-state index contributed by atoms with van der Waals surface area (Å²) in [6, 6.07) is 9.21. The second kappa shape index (κ2) is 5.61. The van der Waals surface area contributed by atoms with E-state index in [1.165, 1.54) is 15.7 Å². The highest BCUT2D eigenvalue weighted by Crippen LogP contribution is 2.19. The molecule has 0 saturated carbocycles. The van der Waals surface area contributed by atoms with Crippen LogP contribution in [0.25, 0.3) is 4.96 Å². The molecule has 7 heteroatoms. The summed E-state index contributed by atoms with van der Waals surface area (Å²) in [5, 5.41) is 9.27. The lowest BCUT2D eigenvalue weighted by atomic mass is 10.2. The number of rotatable bonds is 4. The maximum atomic E-state index is 12.4. The first-order chi connectivity index (χ1) is 10.6. The van der Waals surface area contributed by atoms with Crippen molar-refractivity contribution in [1.82, 2.24) is 9.38 Å². The molecule has 112 valence electrons. The Balaban J connectivity index is 2.06. The number of aryl methyl sites for hydroxylation is 1. The predicted octanol–water partition coefficient (Wildman–Crippen LogP) is 2.34. The molecule has 2 aromatic heterocycles. The van der Waals surface area contributed by atoms with Crippen molar-refractivity contribution >= 4 is 22.3 Å². The molecule has 0 unspecified atom stereocenters. The van der Waals surface area contributed by atoms with E-state index in [1.54, 1.807) is 6.20 Å². The number of carboxylic acids is 1. The number of aromatic nitrogens is 2. The molecule has 2 heterocycles. The molecule has 3 rings (SSSR count). The Morgan fingerprint density at radius 1 is 1.36 bits per heavy atom. The number of fused-ring (bicyclic) bond motifs is 1. The van der Waals surface area contributed by atoms with E-state index in [0.717, 1.165) is 10.4 Å². The first kappa shape index (κ1) is 14.3. The van der Waals surface area contributed by atoms with E-state index in [2.05, 4.69) is 4.98 Å². The molecule has 0 spiro atoms. The highest BCUT2D eigenvalue weighted by Gasteiger charge is 2.21. The number of nitrogens with zero attached hydrogens (tertiary/aromatic N) is 2. The monoisotopic (exact) mass is 316 g/mol. The normalized spacial score (nSPS) is 10.8. The van der Waals surface area contributed by atoms with Crippen LogP contribution in [-0.4, -0.2) is 20.5 Å². The van der Waals surface area contributed by atoms with E-state index in [0.29, 0.717) is 4.96 Å². The number of thiazole rings is 1. The van der Waals surface area contributed by atoms with E-state index < -0.39 is 11.5 Å². The quantitative estimate of drug-likeness (QED) is 0.799. The predicted molar refractivity (Wildman–Crippen MR) is 81.8 cm³/mol. The lowest BCUT2D eigenvalue weighted by Gasteiger charge is -2.08. The summed E-state index contributed by atoms with van der Waals surface area (Å²) < 4.78 is 6.77. The second-order valence-corrected chi connectivity index (χ2v) is 5.88. The molecule has 0 saturated heterocycles. The van der Waals surface area contributed by atoms with Gasteiger partial charge in [0.2, 0.25) is 5.75 Å². The summed E-state index contributed by atoms with van der Waals surface area (Å²) in [6.45, 7) is 1.93. The van der Waals surface area contributed by atoms with Crippen LogP contribution in [0.5, 0.6) is 5.75 Å². The number of aromatic carboxylic acids is 1. The van der Waals surface area contributed by atoms with Gasteiger partial charge < -0.3 is 9.84 Å². The Labute approximate surface area is 129 Å². The Hall–Kier alpha value is -2.67. The zero-order chi connectivity index (χ0) is 15.7. The lowest BCUT2D eigenvalue weighted by Crippen LogP contribution is -2.21. The number of ether oxygens (including phenoxy) is 1. The van der Waals surface area contributed by atoms with E-state index >= 15 is 0 Å². The first-order valence-electron chi connectivity index (χ1n) is 6.49. The zero-order valence-corrected chi connectivity index (χ0v) is 12.5. The number of benzene rings is 1. The van der Waals surface area contributed by atoms with Crippen molar-refractivity contribution in [3.63, 3.8) is 0 Å². The van der Waals surface area contributed by atoms with E-state index in [1.807, 2.05) is 37.3 Å². The summed E-state index contributed by atoms with van der Waals surface area (Å²) in [5.41, 5.74) is -0.0321. The molecule has 0 atom stereocenters. The molecule has 6 nitrogen and oxygen atoms in total. The van der Waals surface area contributed by atoms with E-state index in [9.17, 15) is 14.7 Å². The molecule has 0 amide bonds. The molecule has 0 aliphatic carbocycles. The highest BCUT2D eigenvalue weighted by atomic mass is 32.1. The summed E-state index contributed by atoms with van der Waals surface area (Å²) >= 11 is 1.25. The molecular weight excluding hydrogens is 304 g/mol. The summed E-state index contributed by atoms with van der Waals surface area (Å²) in [4.78, 5) is 29.0. The van der Waals surface area contributed by atoms with Crippen molar-refractivity contribution in [1.29, 1.82) is 0 Å². The number of hydrogen-bond donors (Lipinski definition) is 1. The Bertz CT molecular complexity index is 899. The van der Waals surface area contributed by atoms with Crippen molar-refractivity contribution in [3.05, 3.63) is 63.0 Å². The van der Waals surface area contributed by atoms with Crippen LogP contribution in [0.15, 0.2) is 41.3 Å². The molecule has 1 aromatic carbocycles. The van der Waals surface area contributed by atoms with Crippen LogP contribution >= 0.6 is 11.3 Å². The van der Waals surface area contributed by atoms with Gasteiger partial charge in [-0.2, -0.15) is 0 Å². The summed E-state index contributed by atoms with van der Waals surface area (Å²) in [5.74, 6) is -1.53. The summed E-state index contributed by atoms with van der Waals surface area (Å²) in [6.07, 6.45) is 1.62. The largest absolute Gasteiger partial charge is 0.481 e. The van der Waals surface area contributed by atoms with Crippen molar-refractivity contribution in [3.8, 4) is 5.75 Å². The Morgan fingerprint density at radius 3 is 2.77 bits per heavy atom. The average Bonchev–Trinajstić information content (AvgIpc) is 2.88. The molecule has 0 aliphatic rings. The minimum absolute atomic E-state index is 0.104. The topological polar surface area (TPSA) is 80.9 Å². The third-order valence-corrected chi connectivity index (χ3v) is 3.93. The van der Waals surface area contributed by atoms with Gasteiger partial charge in [0.25, 0.3) is 0 Å². The van der Waals surface area contributed by atoms with Gasteiger partial charge in [-0.05, 0) is 12.5 Å². The van der Waals surface area contributed by atoms with Gasteiger partial charge in [-0.3, -0.25) is 9.20 Å². The molecule has 22 heavy (non-hydrogen) atoms. The standard InChI is InChI=1S/C15H12N2O4S/c1-9-7-17-13(18)12(11(14(19)20)16-15(17)22-9)21-8-10-5-3-2-4-6-10/h2-7H,8H2,1H3,(H,19,20). The highest BCUT2D eigenvalue weighted by molar-refractivity contribution is 7.16. The lowest BCUT2D eigenvalue weighted by molar-refractivity contribution is 0.0684. The maximum absolute atomic E-state index is 12.4. The van der Waals surface area contributed by atoms with Gasteiger partial charge in [0.05, 0.1) is 0 Å². The molecular formula is C15H12N2O4S. The van der Waals surface area contributed by atoms with Crippen molar-refractivity contribution < 1.29 is 14.6 Å². The minimum Gasteiger partial charge on any atom is -0.481 e. The summed E-state index contributed by atoms with van der Waals surface area (Å²) in [7, 11) is 0. The van der Waals surface area contributed by atoms with Crippen LogP contribution < -0.4 is 10.3 Å². The van der Waals surface area contributed by atoms with E-state index in [-0.39, 0.29) is 18.1 Å². The first-order valence-corrected chi connectivity index (χ1v) is 7.30. The number of carbonyl (C=O) groups is 1. The van der Waals surface area contributed by atoms with Crippen LogP contribution in [-0.2, 0) is 6.61 Å². The van der Waals surface area contributed by atoms with Gasteiger partial charge in [0.15, 0.2) is 10.7 Å². The smallest absolute Gasteiger partial charge is 0.358 e. The van der Waals surface area contributed by atoms with Crippen LogP contribution in [0.1, 0.15) is 20.9 Å². The third-order valence-electron chi connectivity index (χ3n) is 3.03. The molecule has 0 bridgehead atoms. The molecule has 3 aromatic rings. The SMILES string of the molecule is Cc1cn2c(=O)c(OCc3ccccc3)c(C(=O)O)nc2s1. The van der Waals surface area contributed by atoms with Crippen molar-refractivity contribution in [2.24, 2.45) is 0 Å². The molecule has 0 radical (unpaired) electrons. The molecule has 0 aliphatic heterocycles. The Morgan fingerprint density at radius 2 is 2.09 bits per heavy atom. The van der Waals surface area contributed by atoms with Crippen molar-refractivity contribution in [2.75, 3.05) is 0 Å². The average molecular weight is 316 g/mol. The fourth-order valence-corrected chi connectivity index (χ4v) is 2.86. The van der Waals surface area contributed by atoms with Crippen LogP contribution in [0.3, 0.4) is 0 Å². The zero-order valence-electron chi connectivity index (χ0n) is 11.6. The molecule has 1 N–H and O–H groups in total. The van der Waals surface area contributed by atoms with Gasteiger partial charge in [-0.1, -0.05) is 30.3 Å². The van der Waals surface area contributed by atoms with E-state index in [4.69, 9.17) is 4.74 Å². The van der Waals surface area contributed by atoms with Gasteiger partial charge in [-0.25, -0.2) is 9.78 Å². The molecule has 0 fully saturated rings. The Kier molecular flexibility index (Phi) is 3.64. The van der Waals surface area contributed by atoms with Crippen LogP contribution in [0.4, 0.5) is 0 Å². The van der Waals surface area contributed by atoms with Crippen LogP contribution in [0.2, 0.25) is 0 Å². The minimum atomic E-state index is -1.28. The number of carboxylic acid groups (broad SMARTS) is 1. The number of hydrogen-bond acceptors (Lipinski definition) is 5. The fourth-order valence-electron chi connectivity index (χ4n) is 2.04. The van der Waals surface area contributed by atoms with Crippen LogP contribution in [0, 0.1) is 6.92 Å².